The Morgan fingerprint density at radius 1 is 1.14 bits per heavy atom. The average molecular weight is 514 g/mol. The van der Waals surface area contributed by atoms with Gasteiger partial charge in [0.2, 0.25) is 0 Å². The first-order valence-electron chi connectivity index (χ1n) is 13.0. The van der Waals surface area contributed by atoms with Gasteiger partial charge in [-0.2, -0.15) is 13.2 Å². The second kappa shape index (κ2) is 15.3. The lowest BCUT2D eigenvalue weighted by molar-refractivity contribution is -0.137. The number of ketones is 1. The van der Waals surface area contributed by atoms with Crippen molar-refractivity contribution < 1.29 is 29.0 Å². The molecule has 0 radical (unpaired) electrons. The summed E-state index contributed by atoms with van der Waals surface area (Å²) in [5.74, 6) is 2.27. The van der Waals surface area contributed by atoms with E-state index in [2.05, 4.69) is 19.2 Å². The molecule has 36 heavy (non-hydrogen) atoms. The van der Waals surface area contributed by atoms with Crippen LogP contribution in [-0.4, -0.2) is 31.9 Å². The fourth-order valence-corrected chi connectivity index (χ4v) is 5.58. The number of aldehydes is 1. The number of hydrogen-bond acceptors (Lipinski definition) is 4. The van der Waals surface area contributed by atoms with Crippen LogP contribution >= 0.6 is 0 Å². The molecule has 1 aromatic rings. The van der Waals surface area contributed by atoms with Crippen molar-refractivity contribution in [1.82, 2.24) is 5.32 Å². The number of rotatable bonds is 9. The number of alkyl halides is 3. The molecule has 0 saturated heterocycles. The highest BCUT2D eigenvalue weighted by molar-refractivity contribution is 5.81. The maximum Gasteiger partial charge on any atom is 0.416 e. The standard InChI is InChI=1S/C20H35NO2.C8H7F3.CH2O.H2/c1-20(2,10-11-22)14-16-12-15(13-16)8-9-19(23)17-6-4-5-7-18(17)21-3;1-6-3-2-4-7(5-6)8(9,10)11;1-2;/h11,15-18,21H,4-10,12-14H2,1-3H3;2-5H,1H3;1H2;1H/t15?,16?,17-,18-;;;/m0.../s1. The van der Waals surface area contributed by atoms with Crippen LogP contribution in [0.2, 0.25) is 0 Å². The lowest BCUT2D eigenvalue weighted by Gasteiger charge is -2.40. The number of Topliss-reactive ketones (excluding diaryl/α,β-unsaturated/α-hetero) is 1. The summed E-state index contributed by atoms with van der Waals surface area (Å²) in [6.07, 6.45) is 7.74. The summed E-state index contributed by atoms with van der Waals surface area (Å²) in [6, 6.07) is 5.63. The maximum atomic E-state index is 12.5. The summed E-state index contributed by atoms with van der Waals surface area (Å²) in [5.41, 5.74) is 0.187. The van der Waals surface area contributed by atoms with Crippen LogP contribution < -0.4 is 5.32 Å². The van der Waals surface area contributed by atoms with Gasteiger partial charge in [0, 0.05) is 26.2 Å². The highest BCUT2D eigenvalue weighted by Crippen LogP contribution is 2.44. The molecular weight excluding hydrogens is 467 g/mol. The van der Waals surface area contributed by atoms with Gasteiger partial charge in [0.05, 0.1) is 5.56 Å². The molecule has 206 valence electrons. The van der Waals surface area contributed by atoms with E-state index in [1.54, 1.807) is 13.0 Å². The Kier molecular flexibility index (Phi) is 13.6. The number of nitrogens with one attached hydrogen (secondary N) is 1. The zero-order valence-corrected chi connectivity index (χ0v) is 22.3. The minimum atomic E-state index is -4.22. The van der Waals surface area contributed by atoms with E-state index in [9.17, 15) is 22.8 Å². The molecule has 1 aromatic carbocycles. The average Bonchev–Trinajstić information content (AvgIpc) is 2.81. The molecule has 0 bridgehead atoms. The molecule has 2 atom stereocenters. The molecule has 4 nitrogen and oxygen atoms in total. The fourth-order valence-electron chi connectivity index (χ4n) is 5.58. The smallest absolute Gasteiger partial charge is 0.316 e. The quantitative estimate of drug-likeness (QED) is 0.354. The molecule has 0 aliphatic heterocycles. The number of hydrogen-bond donors (Lipinski definition) is 1. The lowest BCUT2D eigenvalue weighted by Crippen LogP contribution is -2.40. The highest BCUT2D eigenvalue weighted by atomic mass is 19.4. The molecule has 2 saturated carbocycles. The van der Waals surface area contributed by atoms with Crippen molar-refractivity contribution in [2.24, 2.45) is 23.2 Å². The lowest BCUT2D eigenvalue weighted by atomic mass is 9.65. The van der Waals surface area contributed by atoms with Crippen LogP contribution in [0.25, 0.3) is 0 Å². The van der Waals surface area contributed by atoms with Crippen LogP contribution in [0.5, 0.6) is 0 Å². The van der Waals surface area contributed by atoms with E-state index in [1.165, 1.54) is 31.7 Å². The predicted molar refractivity (Wildman–Crippen MR) is 140 cm³/mol. The molecule has 0 heterocycles. The van der Waals surface area contributed by atoms with Crippen molar-refractivity contribution in [3.63, 3.8) is 0 Å². The third kappa shape index (κ3) is 10.9. The molecule has 1 N–H and O–H groups in total. The summed E-state index contributed by atoms with van der Waals surface area (Å²) in [4.78, 5) is 31.2. The Morgan fingerprint density at radius 2 is 1.78 bits per heavy atom. The number of carbonyl (C=O) groups excluding carboxylic acids is 3. The van der Waals surface area contributed by atoms with Crippen LogP contribution in [0.15, 0.2) is 24.3 Å². The van der Waals surface area contributed by atoms with E-state index in [4.69, 9.17) is 4.79 Å². The van der Waals surface area contributed by atoms with Gasteiger partial charge in [0.25, 0.3) is 0 Å². The van der Waals surface area contributed by atoms with Gasteiger partial charge >= 0.3 is 6.18 Å². The first-order valence-corrected chi connectivity index (χ1v) is 13.0. The van der Waals surface area contributed by atoms with Gasteiger partial charge in [-0.15, -0.1) is 0 Å². The number of aryl methyl sites for hydroxylation is 1. The zero-order chi connectivity index (χ0) is 27.4. The normalized spacial score (nSPS) is 23.8. The molecule has 0 spiro atoms. The van der Waals surface area contributed by atoms with Gasteiger partial charge in [-0.3, -0.25) is 4.79 Å². The number of halogens is 3. The maximum absolute atomic E-state index is 12.5. The van der Waals surface area contributed by atoms with Crippen LogP contribution in [0.4, 0.5) is 13.2 Å². The summed E-state index contributed by atoms with van der Waals surface area (Å²) >= 11 is 0. The van der Waals surface area contributed by atoms with Crippen LogP contribution in [-0.2, 0) is 20.6 Å². The molecule has 7 heteroatoms. The Bertz CT molecular complexity index is 810. The first-order chi connectivity index (χ1) is 16.9. The van der Waals surface area contributed by atoms with Crippen LogP contribution in [0.3, 0.4) is 0 Å². The first kappa shape index (κ1) is 32.0. The van der Waals surface area contributed by atoms with E-state index >= 15 is 0 Å². The van der Waals surface area contributed by atoms with E-state index < -0.39 is 11.7 Å². The predicted octanol–water partition coefficient (Wildman–Crippen LogP) is 7.22. The van der Waals surface area contributed by atoms with Crippen LogP contribution in [0.1, 0.15) is 90.6 Å². The van der Waals surface area contributed by atoms with Gasteiger partial charge in [0.1, 0.15) is 18.9 Å². The molecule has 2 fully saturated rings. The van der Waals surface area contributed by atoms with E-state index in [-0.39, 0.29) is 12.8 Å². The number of benzene rings is 1. The van der Waals surface area contributed by atoms with Gasteiger partial charge < -0.3 is 14.9 Å². The highest BCUT2D eigenvalue weighted by Gasteiger charge is 2.35. The fraction of sp³-hybridized carbons (Fsp3) is 0.690. The summed E-state index contributed by atoms with van der Waals surface area (Å²) in [7, 11) is 1.99. The summed E-state index contributed by atoms with van der Waals surface area (Å²) < 4.78 is 35.9. The van der Waals surface area contributed by atoms with E-state index in [0.29, 0.717) is 23.8 Å². The minimum Gasteiger partial charge on any atom is -0.316 e. The molecular formula is C29H46F3NO3. The Morgan fingerprint density at radius 3 is 2.31 bits per heavy atom. The largest absolute Gasteiger partial charge is 0.416 e. The van der Waals surface area contributed by atoms with Crippen molar-refractivity contribution in [3.05, 3.63) is 35.4 Å². The Balaban J connectivity index is 0.000000780. The van der Waals surface area contributed by atoms with Crippen molar-refractivity contribution in [2.75, 3.05) is 7.05 Å². The van der Waals surface area contributed by atoms with Gasteiger partial charge in [-0.05, 0) is 75.8 Å². The third-order valence-corrected chi connectivity index (χ3v) is 7.51. The van der Waals surface area contributed by atoms with Gasteiger partial charge in [-0.1, -0.05) is 50.5 Å². The molecule has 0 amide bonds. The Labute approximate surface area is 216 Å². The summed E-state index contributed by atoms with van der Waals surface area (Å²) in [5, 5.41) is 3.35. The van der Waals surface area contributed by atoms with Crippen molar-refractivity contribution in [2.45, 2.75) is 97.2 Å². The molecule has 0 aromatic heterocycles. The molecule has 2 aliphatic carbocycles. The molecule has 3 rings (SSSR count). The number of carbonyl (C=O) groups is 3. The Hall–Kier alpha value is -2.02. The van der Waals surface area contributed by atoms with Gasteiger partial charge in [-0.25, -0.2) is 0 Å². The van der Waals surface area contributed by atoms with E-state index in [0.717, 1.165) is 62.4 Å². The van der Waals surface area contributed by atoms with Crippen molar-refractivity contribution in [1.29, 1.82) is 0 Å². The summed E-state index contributed by atoms with van der Waals surface area (Å²) in [6.45, 7) is 8.02. The zero-order valence-electron chi connectivity index (χ0n) is 22.3. The van der Waals surface area contributed by atoms with E-state index in [1.807, 2.05) is 13.8 Å². The second-order valence-electron chi connectivity index (χ2n) is 11.1. The van der Waals surface area contributed by atoms with Crippen molar-refractivity contribution in [3.8, 4) is 0 Å². The third-order valence-electron chi connectivity index (χ3n) is 7.51. The monoisotopic (exact) mass is 513 g/mol. The minimum absolute atomic E-state index is 0. The van der Waals surface area contributed by atoms with Crippen molar-refractivity contribution >= 4 is 18.9 Å². The SMILES string of the molecule is C=O.CN[C@H]1CCCC[C@@H]1C(=O)CCC1CC(CC(C)(C)CC=O)C1.Cc1cccc(C(F)(F)F)c1.[HH]. The molecule has 2 aliphatic rings. The van der Waals surface area contributed by atoms with Crippen LogP contribution in [0, 0.1) is 30.1 Å². The second-order valence-corrected chi connectivity index (χ2v) is 11.1. The topological polar surface area (TPSA) is 63.2 Å². The molecule has 0 unspecified atom stereocenters. The van der Waals surface area contributed by atoms with Gasteiger partial charge in [0.15, 0.2) is 0 Å².